The zero-order valence-corrected chi connectivity index (χ0v) is 20.3. The Labute approximate surface area is 204 Å². The van der Waals surface area contributed by atoms with Crippen molar-refractivity contribution in [3.8, 4) is 0 Å². The number of thiazole rings is 1. The molecule has 184 valence electrons. The second-order valence-corrected chi connectivity index (χ2v) is 9.14. The standard InChI is InChI=1S/C24H25F3N6OS/c1-4-32(5-2)22-13-29-20-11-28-18(14-33(20)22)19(34)10-15(3)23-30-12-21(35-23)31-17-8-6-16(7-9-17)24(25,26)27/h6-9,11-15,31H,4-5,10H2,1-3H3. The summed E-state index contributed by atoms with van der Waals surface area (Å²) in [6.07, 6.45) is 2.57. The number of benzene rings is 1. The second kappa shape index (κ2) is 10.0. The lowest BCUT2D eigenvalue weighted by Gasteiger charge is -2.19. The van der Waals surface area contributed by atoms with E-state index >= 15 is 0 Å². The van der Waals surface area contributed by atoms with Crippen molar-refractivity contribution in [3.63, 3.8) is 0 Å². The minimum absolute atomic E-state index is 0.106. The van der Waals surface area contributed by atoms with Gasteiger partial charge in [0.2, 0.25) is 0 Å². The lowest BCUT2D eigenvalue weighted by atomic mass is 10.0. The van der Waals surface area contributed by atoms with Crippen LogP contribution in [0.25, 0.3) is 5.65 Å². The van der Waals surface area contributed by atoms with Crippen LogP contribution in [0, 0.1) is 0 Å². The number of carbonyl (C=O) groups is 1. The summed E-state index contributed by atoms with van der Waals surface area (Å²) in [4.78, 5) is 28.2. The van der Waals surface area contributed by atoms with Crippen molar-refractivity contribution >= 4 is 39.3 Å². The van der Waals surface area contributed by atoms with E-state index in [0.717, 1.165) is 36.0 Å². The van der Waals surface area contributed by atoms with Crippen LogP contribution in [0.1, 0.15) is 54.2 Å². The number of anilines is 3. The van der Waals surface area contributed by atoms with Gasteiger partial charge in [-0.1, -0.05) is 6.92 Å². The van der Waals surface area contributed by atoms with E-state index < -0.39 is 11.7 Å². The Hall–Kier alpha value is -3.47. The van der Waals surface area contributed by atoms with Crippen LogP contribution in [0.2, 0.25) is 0 Å². The highest BCUT2D eigenvalue weighted by Crippen LogP contribution is 2.33. The van der Waals surface area contributed by atoms with Crippen molar-refractivity contribution in [3.05, 3.63) is 65.3 Å². The molecule has 0 saturated carbocycles. The SMILES string of the molecule is CCN(CC)c1cnc2cnc(C(=O)CC(C)c3ncc(Nc4ccc(C(F)(F)F)cc4)s3)cn12. The summed E-state index contributed by atoms with van der Waals surface area (Å²) in [7, 11) is 0. The molecule has 1 aromatic carbocycles. The molecule has 4 aromatic rings. The Morgan fingerprint density at radius 3 is 2.46 bits per heavy atom. The molecule has 0 radical (unpaired) electrons. The molecule has 7 nitrogen and oxygen atoms in total. The first-order chi connectivity index (χ1) is 16.7. The van der Waals surface area contributed by atoms with Crippen LogP contribution in [0.15, 0.2) is 49.1 Å². The molecule has 0 bridgehead atoms. The van der Waals surface area contributed by atoms with Crippen molar-refractivity contribution < 1.29 is 18.0 Å². The van der Waals surface area contributed by atoms with Crippen molar-refractivity contribution in [1.82, 2.24) is 19.4 Å². The van der Waals surface area contributed by atoms with Crippen molar-refractivity contribution in [2.24, 2.45) is 0 Å². The fourth-order valence-electron chi connectivity index (χ4n) is 3.73. The summed E-state index contributed by atoms with van der Waals surface area (Å²) in [5.41, 5.74) is 0.858. The number of alkyl halides is 3. The summed E-state index contributed by atoms with van der Waals surface area (Å²) in [6.45, 7) is 7.68. The molecule has 3 aromatic heterocycles. The van der Waals surface area contributed by atoms with E-state index in [4.69, 9.17) is 0 Å². The number of aromatic nitrogens is 4. The monoisotopic (exact) mass is 502 g/mol. The summed E-state index contributed by atoms with van der Waals surface area (Å²) in [5, 5.41) is 4.50. The molecule has 0 fully saturated rings. The van der Waals surface area contributed by atoms with Gasteiger partial charge in [-0.2, -0.15) is 13.2 Å². The molecule has 1 atom stereocenters. The largest absolute Gasteiger partial charge is 0.416 e. The molecule has 1 N–H and O–H groups in total. The fourth-order valence-corrected chi connectivity index (χ4v) is 4.62. The molecule has 4 rings (SSSR count). The molecule has 35 heavy (non-hydrogen) atoms. The Morgan fingerprint density at radius 1 is 1.09 bits per heavy atom. The van der Waals surface area contributed by atoms with E-state index in [1.807, 2.05) is 11.3 Å². The number of nitrogens with one attached hydrogen (secondary N) is 1. The molecule has 0 aliphatic rings. The maximum absolute atomic E-state index is 13.0. The molecule has 0 aliphatic carbocycles. The number of carbonyl (C=O) groups excluding carboxylic acids is 1. The molecule has 0 amide bonds. The van der Waals surface area contributed by atoms with Crippen LogP contribution in [0.3, 0.4) is 0 Å². The molecule has 11 heteroatoms. The van der Waals surface area contributed by atoms with Crippen molar-refractivity contribution in [2.75, 3.05) is 23.3 Å². The number of imidazole rings is 1. The third-order valence-corrected chi connectivity index (χ3v) is 6.81. The van der Waals surface area contributed by atoms with E-state index in [1.165, 1.54) is 23.5 Å². The predicted molar refractivity (Wildman–Crippen MR) is 131 cm³/mol. The fraction of sp³-hybridized carbons (Fsp3) is 0.333. The third-order valence-electron chi connectivity index (χ3n) is 5.67. The number of halogens is 3. The maximum Gasteiger partial charge on any atom is 0.416 e. The average molecular weight is 503 g/mol. The van der Waals surface area contributed by atoms with Crippen molar-refractivity contribution in [2.45, 2.75) is 39.3 Å². The molecule has 0 spiro atoms. The highest BCUT2D eigenvalue weighted by atomic mass is 32.1. The molecular formula is C24H25F3N6OS. The number of hydrogen-bond donors (Lipinski definition) is 1. The topological polar surface area (TPSA) is 75.4 Å². The average Bonchev–Trinajstić information content (AvgIpc) is 3.47. The first-order valence-electron chi connectivity index (χ1n) is 11.2. The van der Waals surface area contributed by atoms with Gasteiger partial charge in [0.05, 0.1) is 29.2 Å². The Balaban J connectivity index is 1.44. The molecular weight excluding hydrogens is 477 g/mol. The Kier molecular flexibility index (Phi) is 7.06. The predicted octanol–water partition coefficient (Wildman–Crippen LogP) is 6.17. The van der Waals surface area contributed by atoms with Gasteiger partial charge in [-0.25, -0.2) is 15.0 Å². The van der Waals surface area contributed by atoms with E-state index in [0.29, 0.717) is 22.0 Å². The maximum atomic E-state index is 13.0. The van der Waals surface area contributed by atoms with Gasteiger partial charge in [-0.15, -0.1) is 11.3 Å². The highest BCUT2D eigenvalue weighted by Gasteiger charge is 2.30. The smallest absolute Gasteiger partial charge is 0.357 e. The summed E-state index contributed by atoms with van der Waals surface area (Å²) in [6, 6.07) is 4.81. The van der Waals surface area contributed by atoms with E-state index in [-0.39, 0.29) is 18.1 Å². The summed E-state index contributed by atoms with van der Waals surface area (Å²) in [5.74, 6) is 0.651. The van der Waals surface area contributed by atoms with Crippen LogP contribution in [-0.4, -0.2) is 38.2 Å². The molecule has 0 aliphatic heterocycles. The number of rotatable bonds is 9. The zero-order valence-electron chi connectivity index (χ0n) is 19.5. The lowest BCUT2D eigenvalue weighted by Crippen LogP contribution is -2.23. The molecule has 0 saturated heterocycles. The Morgan fingerprint density at radius 2 is 1.80 bits per heavy atom. The number of nitrogens with zero attached hydrogens (tertiary/aromatic N) is 5. The first kappa shape index (κ1) is 24.6. The second-order valence-electron chi connectivity index (χ2n) is 8.08. The zero-order chi connectivity index (χ0) is 25.2. The lowest BCUT2D eigenvalue weighted by molar-refractivity contribution is -0.137. The van der Waals surface area contributed by atoms with Crippen LogP contribution in [0.4, 0.5) is 29.7 Å². The first-order valence-corrected chi connectivity index (χ1v) is 12.0. The summed E-state index contributed by atoms with van der Waals surface area (Å²) >= 11 is 1.36. The van der Waals surface area contributed by atoms with Gasteiger partial charge in [0.1, 0.15) is 16.5 Å². The van der Waals surface area contributed by atoms with Gasteiger partial charge in [0, 0.05) is 37.3 Å². The van der Waals surface area contributed by atoms with E-state index in [9.17, 15) is 18.0 Å². The Bertz CT molecular complexity index is 1310. The normalized spacial score (nSPS) is 12.6. The van der Waals surface area contributed by atoms with Gasteiger partial charge >= 0.3 is 6.18 Å². The minimum atomic E-state index is -4.37. The van der Waals surface area contributed by atoms with Gasteiger partial charge in [-0.3, -0.25) is 9.20 Å². The molecule has 3 heterocycles. The van der Waals surface area contributed by atoms with Gasteiger partial charge in [-0.05, 0) is 38.1 Å². The van der Waals surface area contributed by atoms with Crippen LogP contribution >= 0.6 is 11.3 Å². The number of ketones is 1. The van der Waals surface area contributed by atoms with Gasteiger partial charge in [0.25, 0.3) is 0 Å². The number of hydrogen-bond acceptors (Lipinski definition) is 7. The number of Topliss-reactive ketones (excluding diaryl/α,β-unsaturated/α-hetero) is 1. The minimum Gasteiger partial charge on any atom is -0.357 e. The van der Waals surface area contributed by atoms with E-state index in [2.05, 4.69) is 39.0 Å². The molecule has 1 unspecified atom stereocenters. The van der Waals surface area contributed by atoms with Gasteiger partial charge in [0.15, 0.2) is 11.4 Å². The van der Waals surface area contributed by atoms with E-state index in [1.54, 1.807) is 24.8 Å². The quantitative estimate of drug-likeness (QED) is 0.276. The van der Waals surface area contributed by atoms with Gasteiger partial charge < -0.3 is 10.2 Å². The van der Waals surface area contributed by atoms with Crippen LogP contribution in [-0.2, 0) is 6.18 Å². The number of fused-ring (bicyclic) bond motifs is 1. The van der Waals surface area contributed by atoms with Crippen molar-refractivity contribution in [1.29, 1.82) is 0 Å². The van der Waals surface area contributed by atoms with Crippen LogP contribution < -0.4 is 10.2 Å². The summed E-state index contributed by atoms with van der Waals surface area (Å²) < 4.78 is 40.1. The van der Waals surface area contributed by atoms with Crippen LogP contribution in [0.5, 0.6) is 0 Å². The highest BCUT2D eigenvalue weighted by molar-refractivity contribution is 7.15. The third kappa shape index (κ3) is 5.45.